The molecule has 0 atom stereocenters. The molecule has 0 aliphatic carbocycles. The molecule has 114 valence electrons. The van der Waals surface area contributed by atoms with Gasteiger partial charge in [0.1, 0.15) is 5.75 Å². The van der Waals surface area contributed by atoms with Gasteiger partial charge in [-0.25, -0.2) is 9.78 Å². The number of benzene rings is 1. The van der Waals surface area contributed by atoms with Crippen LogP contribution in [0.1, 0.15) is 11.3 Å². The van der Waals surface area contributed by atoms with Gasteiger partial charge in [-0.1, -0.05) is 12.1 Å². The number of urea groups is 1. The third kappa shape index (κ3) is 3.37. The third-order valence-electron chi connectivity index (χ3n) is 3.19. The lowest BCUT2D eigenvalue weighted by Crippen LogP contribution is -2.34. The van der Waals surface area contributed by atoms with Crippen molar-refractivity contribution in [2.75, 3.05) is 7.11 Å². The number of hydrogen-bond acceptors (Lipinski definition) is 4. The van der Waals surface area contributed by atoms with Crippen LogP contribution in [-0.4, -0.2) is 22.5 Å². The largest absolute Gasteiger partial charge is 0.497 e. The number of carbonyl (C=O) groups is 1. The lowest BCUT2D eigenvalue weighted by molar-refractivity contribution is 0.240. The predicted octanol–water partition coefficient (Wildman–Crippen LogP) is 2.40. The van der Waals surface area contributed by atoms with Gasteiger partial charge in [0, 0.05) is 24.3 Å². The maximum atomic E-state index is 11.8. The summed E-state index contributed by atoms with van der Waals surface area (Å²) in [6.07, 6.45) is 3.86. The van der Waals surface area contributed by atoms with Gasteiger partial charge in [-0.15, -0.1) is 11.3 Å². The number of amides is 2. The van der Waals surface area contributed by atoms with Crippen molar-refractivity contribution in [3.8, 4) is 5.75 Å². The minimum absolute atomic E-state index is 0.216. The molecule has 2 heterocycles. The molecule has 0 bridgehead atoms. The summed E-state index contributed by atoms with van der Waals surface area (Å²) in [5.41, 5.74) is 1.85. The van der Waals surface area contributed by atoms with Crippen LogP contribution in [0.5, 0.6) is 5.75 Å². The van der Waals surface area contributed by atoms with Crippen molar-refractivity contribution in [3.63, 3.8) is 0 Å². The van der Waals surface area contributed by atoms with E-state index in [1.807, 2.05) is 46.4 Å². The van der Waals surface area contributed by atoms with Crippen LogP contribution < -0.4 is 15.4 Å². The number of nitrogens with zero attached hydrogens (tertiary/aromatic N) is 2. The summed E-state index contributed by atoms with van der Waals surface area (Å²) in [6, 6.07) is 7.36. The third-order valence-corrected chi connectivity index (χ3v) is 3.96. The van der Waals surface area contributed by atoms with E-state index in [-0.39, 0.29) is 6.03 Å². The van der Waals surface area contributed by atoms with Crippen LogP contribution in [-0.2, 0) is 13.1 Å². The van der Waals surface area contributed by atoms with Gasteiger partial charge in [-0.05, 0) is 17.7 Å². The normalized spacial score (nSPS) is 10.6. The van der Waals surface area contributed by atoms with Crippen molar-refractivity contribution in [1.82, 2.24) is 20.0 Å². The van der Waals surface area contributed by atoms with Crippen LogP contribution in [0.25, 0.3) is 4.96 Å². The Morgan fingerprint density at radius 1 is 1.27 bits per heavy atom. The highest BCUT2D eigenvalue weighted by atomic mass is 32.1. The van der Waals surface area contributed by atoms with Crippen molar-refractivity contribution in [3.05, 3.63) is 53.3 Å². The Balaban J connectivity index is 1.46. The molecular weight excluding hydrogens is 300 g/mol. The zero-order chi connectivity index (χ0) is 15.4. The van der Waals surface area contributed by atoms with E-state index in [0.717, 1.165) is 22.0 Å². The highest BCUT2D eigenvalue weighted by Gasteiger charge is 2.05. The average Bonchev–Trinajstić information content (AvgIpc) is 3.12. The molecule has 0 saturated carbocycles. The zero-order valence-corrected chi connectivity index (χ0v) is 12.9. The van der Waals surface area contributed by atoms with Gasteiger partial charge in [0.25, 0.3) is 0 Å². The Labute approximate surface area is 131 Å². The molecule has 0 radical (unpaired) electrons. The number of thiazole rings is 1. The lowest BCUT2D eigenvalue weighted by Gasteiger charge is -2.07. The van der Waals surface area contributed by atoms with E-state index < -0.39 is 0 Å². The SMILES string of the molecule is COc1ccc(CNC(=O)NCc2cn3ccsc3n2)cc1. The minimum Gasteiger partial charge on any atom is -0.497 e. The van der Waals surface area contributed by atoms with E-state index in [2.05, 4.69) is 15.6 Å². The van der Waals surface area contributed by atoms with Crippen LogP contribution >= 0.6 is 11.3 Å². The number of imidazole rings is 1. The molecule has 0 aliphatic rings. The molecule has 0 unspecified atom stereocenters. The van der Waals surface area contributed by atoms with Gasteiger partial charge in [-0.2, -0.15) is 0 Å². The van der Waals surface area contributed by atoms with E-state index >= 15 is 0 Å². The first-order chi connectivity index (χ1) is 10.7. The Hall–Kier alpha value is -2.54. The number of carbonyl (C=O) groups excluding carboxylic acids is 1. The molecule has 0 fully saturated rings. The van der Waals surface area contributed by atoms with Gasteiger partial charge < -0.3 is 15.4 Å². The maximum Gasteiger partial charge on any atom is 0.315 e. The lowest BCUT2D eigenvalue weighted by atomic mass is 10.2. The molecule has 3 rings (SSSR count). The quantitative estimate of drug-likeness (QED) is 0.759. The zero-order valence-electron chi connectivity index (χ0n) is 12.1. The van der Waals surface area contributed by atoms with E-state index in [0.29, 0.717) is 13.1 Å². The molecule has 0 aliphatic heterocycles. The van der Waals surface area contributed by atoms with Crippen molar-refractivity contribution >= 4 is 22.3 Å². The Morgan fingerprint density at radius 2 is 2.05 bits per heavy atom. The Kier molecular flexibility index (Phi) is 4.24. The van der Waals surface area contributed by atoms with Crippen LogP contribution in [0.2, 0.25) is 0 Å². The number of nitrogens with one attached hydrogen (secondary N) is 2. The van der Waals surface area contributed by atoms with Gasteiger partial charge in [0.2, 0.25) is 0 Å². The summed E-state index contributed by atoms with van der Waals surface area (Å²) in [5, 5.41) is 7.58. The van der Waals surface area contributed by atoms with Gasteiger partial charge in [0.05, 0.1) is 19.3 Å². The number of ether oxygens (including phenoxy) is 1. The smallest absolute Gasteiger partial charge is 0.315 e. The minimum atomic E-state index is -0.216. The molecular formula is C15H16N4O2S. The molecule has 0 spiro atoms. The summed E-state index contributed by atoms with van der Waals surface area (Å²) in [4.78, 5) is 17.1. The fourth-order valence-corrected chi connectivity index (χ4v) is 2.74. The average molecular weight is 316 g/mol. The number of hydrogen-bond donors (Lipinski definition) is 2. The second-order valence-corrected chi connectivity index (χ2v) is 5.58. The standard InChI is InChI=1S/C15H16N4O2S/c1-21-13-4-2-11(3-5-13)8-16-14(20)17-9-12-10-19-6-7-22-15(19)18-12/h2-7,10H,8-9H2,1H3,(H2,16,17,20). The molecule has 2 aromatic heterocycles. The first-order valence-corrected chi connectivity index (χ1v) is 7.68. The first-order valence-electron chi connectivity index (χ1n) is 6.80. The number of fused-ring (bicyclic) bond motifs is 1. The fraction of sp³-hybridized carbons (Fsp3) is 0.200. The predicted molar refractivity (Wildman–Crippen MR) is 85.1 cm³/mol. The van der Waals surface area contributed by atoms with Gasteiger partial charge >= 0.3 is 6.03 Å². The highest BCUT2D eigenvalue weighted by molar-refractivity contribution is 7.15. The number of rotatable bonds is 5. The van der Waals surface area contributed by atoms with E-state index in [4.69, 9.17) is 4.74 Å². The molecule has 22 heavy (non-hydrogen) atoms. The van der Waals surface area contributed by atoms with E-state index in [1.165, 1.54) is 0 Å². The van der Waals surface area contributed by atoms with Crippen LogP contribution in [0.4, 0.5) is 4.79 Å². The molecule has 1 aromatic carbocycles. The summed E-state index contributed by atoms with van der Waals surface area (Å²) in [6.45, 7) is 0.872. The fourth-order valence-electron chi connectivity index (χ4n) is 2.02. The highest BCUT2D eigenvalue weighted by Crippen LogP contribution is 2.12. The van der Waals surface area contributed by atoms with Crippen molar-refractivity contribution in [2.45, 2.75) is 13.1 Å². The second-order valence-electron chi connectivity index (χ2n) is 4.71. The molecule has 2 amide bonds. The molecule has 6 nitrogen and oxygen atoms in total. The van der Waals surface area contributed by atoms with Gasteiger partial charge in [-0.3, -0.25) is 4.40 Å². The van der Waals surface area contributed by atoms with Crippen molar-refractivity contribution in [1.29, 1.82) is 0 Å². The molecule has 7 heteroatoms. The molecule has 2 N–H and O–H groups in total. The van der Waals surface area contributed by atoms with Crippen molar-refractivity contribution < 1.29 is 9.53 Å². The monoisotopic (exact) mass is 316 g/mol. The van der Waals surface area contributed by atoms with Crippen LogP contribution in [0.15, 0.2) is 42.0 Å². The first kappa shape index (κ1) is 14.4. The molecule has 0 saturated heterocycles. The van der Waals surface area contributed by atoms with Crippen molar-refractivity contribution in [2.24, 2.45) is 0 Å². The number of aromatic nitrogens is 2. The second kappa shape index (κ2) is 6.48. The van der Waals surface area contributed by atoms with Crippen LogP contribution in [0.3, 0.4) is 0 Å². The summed E-state index contributed by atoms with van der Waals surface area (Å²) >= 11 is 1.57. The van der Waals surface area contributed by atoms with E-state index in [9.17, 15) is 4.79 Å². The Bertz CT molecular complexity index is 735. The van der Waals surface area contributed by atoms with E-state index in [1.54, 1.807) is 18.4 Å². The molecule has 3 aromatic rings. The Morgan fingerprint density at radius 3 is 2.77 bits per heavy atom. The number of methoxy groups -OCH3 is 1. The maximum absolute atomic E-state index is 11.8. The van der Waals surface area contributed by atoms with Gasteiger partial charge in [0.15, 0.2) is 4.96 Å². The topological polar surface area (TPSA) is 67.7 Å². The summed E-state index contributed by atoms with van der Waals surface area (Å²) in [7, 11) is 1.63. The summed E-state index contributed by atoms with van der Waals surface area (Å²) < 4.78 is 7.03. The summed E-state index contributed by atoms with van der Waals surface area (Å²) in [5.74, 6) is 0.799. The van der Waals surface area contributed by atoms with Crippen LogP contribution in [0, 0.1) is 0 Å².